The third kappa shape index (κ3) is 14.8. The van der Waals surface area contributed by atoms with E-state index in [0.717, 1.165) is 90.6 Å². The second-order valence-electron chi connectivity index (χ2n) is 21.3. The van der Waals surface area contributed by atoms with Gasteiger partial charge in [-0.2, -0.15) is 8.78 Å². The van der Waals surface area contributed by atoms with Gasteiger partial charge >= 0.3 is 13.3 Å². The lowest BCUT2D eigenvalue weighted by molar-refractivity contribution is -0.144. The second kappa shape index (κ2) is 27.1. The number of piperidine rings is 1. The molecule has 2 aromatic heterocycles. The number of carbonyl (C=O) groups excluding carboxylic acids is 8. The summed E-state index contributed by atoms with van der Waals surface area (Å²) < 4.78 is 47.6. The van der Waals surface area contributed by atoms with Crippen LogP contribution in [0, 0.1) is 11.8 Å². The van der Waals surface area contributed by atoms with E-state index in [4.69, 9.17) is 10.5 Å². The standard InChI is InChI=1S/C57H69F2N10O12P/c1-66-29-28-39-21-23-47(69(39)56(77)44(33-66)63-52(73)43-34-67-31-38(20-26-49(67)61-43)57(58,59)82(78,79)80)54(75)62-42(22-25-48(60)70)51(72)64-45(37-16-11-9-12-17-37)35-81-30-13-8-6-4-2-3-5-7-10-15-36-18-14-19-40-41(36)32-68(55(40)76)46-24-27-50(71)65-53(46)74/h9,11-12,14,16-20,26,31,34,39,42,44-47H,2-8,13,21-25,27-30,32-33,35H2,1H3,(H2,60,70)(H,62,75)(H,63,73)(H,64,72)(H,65,71,74)(H2,78,79,80)/t39-,42+,44+,45?,46?,47+/m1/s1. The number of unbranched alkanes of at least 4 members (excludes halogenated alkanes) is 7. The number of alkyl halides is 2. The molecule has 0 aliphatic carbocycles. The van der Waals surface area contributed by atoms with Crippen molar-refractivity contribution < 1.29 is 66.2 Å². The summed E-state index contributed by atoms with van der Waals surface area (Å²) in [5.41, 5.74) is 2.61. The molecule has 0 spiro atoms. The Morgan fingerprint density at radius 1 is 0.915 bits per heavy atom. The van der Waals surface area contributed by atoms with E-state index in [0.29, 0.717) is 44.4 Å². The molecule has 25 heteroatoms. The third-order valence-electron chi connectivity index (χ3n) is 15.4. The molecule has 2 aromatic carbocycles. The van der Waals surface area contributed by atoms with Crippen LogP contribution >= 0.6 is 7.60 Å². The summed E-state index contributed by atoms with van der Waals surface area (Å²) in [6, 6.07) is 11.2. The fourth-order valence-corrected chi connectivity index (χ4v) is 11.4. The van der Waals surface area contributed by atoms with Gasteiger partial charge in [-0.1, -0.05) is 80.3 Å². The predicted molar refractivity (Wildman–Crippen MR) is 293 cm³/mol. The molecule has 82 heavy (non-hydrogen) atoms. The first-order chi connectivity index (χ1) is 39.2. The van der Waals surface area contributed by atoms with Crippen molar-refractivity contribution in [2.75, 3.05) is 33.4 Å². The van der Waals surface area contributed by atoms with Gasteiger partial charge in [-0.15, -0.1) is 0 Å². The largest absolute Gasteiger partial charge is 0.399 e. The fourth-order valence-electron chi connectivity index (χ4n) is 10.9. The van der Waals surface area contributed by atoms with Crippen LogP contribution in [0.1, 0.15) is 145 Å². The summed E-state index contributed by atoms with van der Waals surface area (Å²) in [6.07, 6.45) is 10.6. The highest BCUT2D eigenvalue weighted by Gasteiger charge is 2.51. The molecular weight excluding hydrogens is 1090 g/mol. The third-order valence-corrected chi connectivity index (χ3v) is 16.4. The number of nitrogens with zero attached hydrogens (tertiary/aromatic N) is 5. The summed E-state index contributed by atoms with van der Waals surface area (Å²) in [5.74, 6) is 2.12. The van der Waals surface area contributed by atoms with Gasteiger partial charge in [0.05, 0.1) is 18.2 Å². The molecule has 8 rings (SSSR count). The number of carbonyl (C=O) groups is 8. The summed E-state index contributed by atoms with van der Waals surface area (Å²) >= 11 is 0. The van der Waals surface area contributed by atoms with Gasteiger partial charge in [-0.05, 0) is 93.9 Å². The lowest BCUT2D eigenvalue weighted by Gasteiger charge is -2.38. The van der Waals surface area contributed by atoms with E-state index in [1.807, 2.05) is 41.3 Å². The van der Waals surface area contributed by atoms with Crippen LogP contribution in [0.4, 0.5) is 8.78 Å². The van der Waals surface area contributed by atoms with Gasteiger partial charge in [0.2, 0.25) is 35.4 Å². The van der Waals surface area contributed by atoms with Crippen molar-refractivity contribution in [3.63, 3.8) is 0 Å². The van der Waals surface area contributed by atoms with Crippen molar-refractivity contribution in [2.45, 2.75) is 145 Å². The van der Waals surface area contributed by atoms with Crippen molar-refractivity contribution in [1.29, 1.82) is 0 Å². The van der Waals surface area contributed by atoms with Crippen LogP contribution in [0.3, 0.4) is 0 Å². The Morgan fingerprint density at radius 3 is 2.39 bits per heavy atom. The first-order valence-electron chi connectivity index (χ1n) is 27.7. The van der Waals surface area contributed by atoms with Crippen molar-refractivity contribution in [3.05, 3.63) is 107 Å². The van der Waals surface area contributed by atoms with Crippen molar-refractivity contribution in [1.82, 2.24) is 45.4 Å². The first kappa shape index (κ1) is 60.7. The molecule has 6 heterocycles. The SMILES string of the molecule is CN1CC[C@H]2CC[C@@H](C(=O)N[C@@H](CCC(N)=O)C(=O)NC(COCCCCCCCCCC#Cc3cccc4c3CN(C3CCC(=O)NC3=O)C4=O)c3ccccc3)N2C(=O)[C@@H](NC(=O)c2cn3cc(C(F)(F)P(=O)(O)O)ccc3n2)C1. The molecule has 0 saturated carbocycles. The fraction of sp³-hybridized carbons (Fsp3) is 0.491. The van der Waals surface area contributed by atoms with Crippen LogP contribution in [0.25, 0.3) is 5.65 Å². The van der Waals surface area contributed by atoms with E-state index < -0.39 is 90.5 Å². The Hall–Kier alpha value is -7.42. The zero-order chi connectivity index (χ0) is 58.7. The molecule has 8 N–H and O–H groups in total. The van der Waals surface area contributed by atoms with E-state index in [1.54, 1.807) is 19.2 Å². The van der Waals surface area contributed by atoms with Crippen LogP contribution in [-0.4, -0.2) is 145 Å². The normalized spacial score (nSPS) is 20.2. The number of likely N-dealkylation sites (N-methyl/N-ethyl adjacent to an activating group) is 1. The van der Waals surface area contributed by atoms with Gasteiger partial charge in [0.25, 0.3) is 11.8 Å². The number of ether oxygens (including phenoxy) is 1. The molecule has 2 unspecified atom stereocenters. The Morgan fingerprint density at radius 2 is 1.66 bits per heavy atom. The van der Waals surface area contributed by atoms with Crippen LogP contribution in [-0.2, 0) is 50.3 Å². The minimum Gasteiger partial charge on any atom is -0.379 e. The summed E-state index contributed by atoms with van der Waals surface area (Å²) in [7, 11) is -4.12. The minimum atomic E-state index is -5.89. The number of aromatic nitrogens is 2. The Kier molecular flexibility index (Phi) is 20.1. The Bertz CT molecular complexity index is 3160. The summed E-state index contributed by atoms with van der Waals surface area (Å²) in [4.78, 5) is 133. The average molecular weight is 1160 g/mol. The number of imidazole rings is 1. The highest BCUT2D eigenvalue weighted by molar-refractivity contribution is 7.52. The second-order valence-corrected chi connectivity index (χ2v) is 23.0. The number of rotatable bonds is 24. The molecule has 3 saturated heterocycles. The lowest BCUT2D eigenvalue weighted by atomic mass is 10.0. The van der Waals surface area contributed by atoms with Gasteiger partial charge in [0.1, 0.15) is 35.5 Å². The molecule has 0 bridgehead atoms. The number of fused-ring (bicyclic) bond motifs is 3. The summed E-state index contributed by atoms with van der Waals surface area (Å²) in [6.45, 7) is 1.35. The maximum atomic E-state index is 14.5. The minimum absolute atomic E-state index is 0.0109. The smallest absolute Gasteiger partial charge is 0.379 e. The van der Waals surface area contributed by atoms with Gasteiger partial charge in [-0.3, -0.25) is 48.2 Å². The number of nitrogens with one attached hydrogen (secondary N) is 4. The molecular formula is C57H69F2N10O12P. The van der Waals surface area contributed by atoms with Crippen LogP contribution in [0.2, 0.25) is 0 Å². The number of nitrogens with two attached hydrogens (primary N) is 1. The van der Waals surface area contributed by atoms with Gasteiger partial charge in [0.15, 0.2) is 0 Å². The Balaban J connectivity index is 0.800. The first-order valence-corrected chi connectivity index (χ1v) is 29.3. The van der Waals surface area contributed by atoms with Gasteiger partial charge in [-0.25, -0.2) is 4.98 Å². The number of hydrogen-bond donors (Lipinski definition) is 7. The van der Waals surface area contributed by atoms with E-state index >= 15 is 0 Å². The summed E-state index contributed by atoms with van der Waals surface area (Å²) in [5, 5.41) is 10.8. The molecule has 438 valence electrons. The number of halogens is 2. The maximum Gasteiger partial charge on any atom is 0.399 e. The lowest BCUT2D eigenvalue weighted by Crippen LogP contribution is -2.61. The van der Waals surface area contributed by atoms with Gasteiger partial charge in [0, 0.05) is 68.5 Å². The predicted octanol–water partition coefficient (Wildman–Crippen LogP) is 3.91. The van der Waals surface area contributed by atoms with E-state index in [9.17, 15) is 61.5 Å². The van der Waals surface area contributed by atoms with E-state index in [-0.39, 0.29) is 68.5 Å². The zero-order valence-electron chi connectivity index (χ0n) is 45.5. The number of primary amides is 1. The van der Waals surface area contributed by atoms with E-state index in [2.05, 4.69) is 38.1 Å². The number of amides is 8. The van der Waals surface area contributed by atoms with Crippen molar-refractivity contribution in [3.8, 4) is 11.8 Å². The quantitative estimate of drug-likeness (QED) is 0.0227. The van der Waals surface area contributed by atoms with Crippen molar-refractivity contribution in [2.24, 2.45) is 5.73 Å². The van der Waals surface area contributed by atoms with Gasteiger partial charge < -0.3 is 55.3 Å². The number of pyridine rings is 1. The number of benzene rings is 2. The molecule has 4 aliphatic rings. The molecule has 22 nitrogen and oxygen atoms in total. The monoisotopic (exact) mass is 1150 g/mol. The zero-order valence-corrected chi connectivity index (χ0v) is 46.4. The molecule has 8 amide bonds. The molecule has 3 fully saturated rings. The van der Waals surface area contributed by atoms with Crippen molar-refractivity contribution >= 4 is 60.5 Å². The number of imide groups is 1. The topological polar surface area (TPSA) is 304 Å². The van der Waals surface area contributed by atoms with Crippen LogP contribution in [0.15, 0.2) is 73.1 Å². The average Bonchev–Trinajstić information content (AvgIpc) is 4.33. The maximum absolute atomic E-state index is 14.5. The number of hydrogen-bond acceptors (Lipinski definition) is 12. The van der Waals surface area contributed by atoms with E-state index in [1.165, 1.54) is 9.80 Å². The molecule has 6 atom stereocenters. The highest BCUT2D eigenvalue weighted by atomic mass is 31.2. The highest BCUT2D eigenvalue weighted by Crippen LogP contribution is 2.59. The Labute approximate surface area is 472 Å². The molecule has 4 aliphatic heterocycles. The van der Waals surface area contributed by atoms with Crippen LogP contribution in [0.5, 0.6) is 0 Å². The molecule has 0 radical (unpaired) electrons. The van der Waals surface area contributed by atoms with Crippen LogP contribution < -0.4 is 27.0 Å². The molecule has 4 aromatic rings.